The third-order valence-corrected chi connectivity index (χ3v) is 4.71. The van der Waals surface area contributed by atoms with Gasteiger partial charge < -0.3 is 10.1 Å². The SMILES string of the molecule is CSCc1ccc(-c2ccc(C(=O)NC[C@H]3CCCO3)cc2)nc1. The number of hydrogen-bond donors (Lipinski definition) is 1. The van der Waals surface area contributed by atoms with Crippen LogP contribution in [0, 0.1) is 0 Å². The summed E-state index contributed by atoms with van der Waals surface area (Å²) < 4.78 is 5.52. The molecule has 1 aromatic heterocycles. The average Bonchev–Trinajstić information content (AvgIpc) is 3.14. The van der Waals surface area contributed by atoms with Gasteiger partial charge in [0.1, 0.15) is 0 Å². The molecule has 1 saturated heterocycles. The van der Waals surface area contributed by atoms with Gasteiger partial charge in [0, 0.05) is 36.2 Å². The molecule has 2 heterocycles. The van der Waals surface area contributed by atoms with Crippen LogP contribution >= 0.6 is 11.8 Å². The van der Waals surface area contributed by atoms with Crippen molar-refractivity contribution < 1.29 is 9.53 Å². The monoisotopic (exact) mass is 342 g/mol. The molecule has 1 fully saturated rings. The van der Waals surface area contributed by atoms with Crippen LogP contribution in [0.1, 0.15) is 28.8 Å². The maximum absolute atomic E-state index is 12.2. The second-order valence-electron chi connectivity index (χ2n) is 5.91. The molecule has 0 unspecified atom stereocenters. The smallest absolute Gasteiger partial charge is 0.251 e. The number of ether oxygens (including phenoxy) is 1. The Kier molecular flexibility index (Phi) is 5.88. The second kappa shape index (κ2) is 8.31. The number of amides is 1. The highest BCUT2D eigenvalue weighted by atomic mass is 32.2. The highest BCUT2D eigenvalue weighted by Gasteiger charge is 2.16. The minimum Gasteiger partial charge on any atom is -0.376 e. The molecule has 1 aliphatic heterocycles. The van der Waals surface area contributed by atoms with Crippen molar-refractivity contribution in [3.8, 4) is 11.3 Å². The molecule has 0 bridgehead atoms. The zero-order chi connectivity index (χ0) is 16.8. The lowest BCUT2D eigenvalue weighted by atomic mass is 10.1. The summed E-state index contributed by atoms with van der Waals surface area (Å²) in [5, 5.41) is 2.94. The van der Waals surface area contributed by atoms with Crippen molar-refractivity contribution in [1.82, 2.24) is 10.3 Å². The number of benzene rings is 1. The predicted octanol–water partition coefficient (Wildman–Crippen LogP) is 3.52. The number of hydrogen-bond acceptors (Lipinski definition) is 4. The fourth-order valence-corrected chi connectivity index (χ4v) is 3.26. The summed E-state index contributed by atoms with van der Waals surface area (Å²) in [5.41, 5.74) is 3.82. The number of rotatable bonds is 6. The van der Waals surface area contributed by atoms with Crippen molar-refractivity contribution >= 4 is 17.7 Å². The van der Waals surface area contributed by atoms with Crippen LogP contribution in [0.3, 0.4) is 0 Å². The maximum Gasteiger partial charge on any atom is 0.251 e. The molecule has 1 N–H and O–H groups in total. The molecular weight excluding hydrogens is 320 g/mol. The Morgan fingerprint density at radius 3 is 2.75 bits per heavy atom. The first-order valence-corrected chi connectivity index (χ1v) is 9.60. The summed E-state index contributed by atoms with van der Waals surface area (Å²) >= 11 is 1.78. The molecular formula is C19H22N2O2S. The van der Waals surface area contributed by atoms with Gasteiger partial charge in [-0.1, -0.05) is 18.2 Å². The van der Waals surface area contributed by atoms with E-state index in [-0.39, 0.29) is 12.0 Å². The first kappa shape index (κ1) is 17.0. The number of carbonyl (C=O) groups is 1. The molecule has 0 saturated carbocycles. The summed E-state index contributed by atoms with van der Waals surface area (Å²) in [5.74, 6) is 0.914. The second-order valence-corrected chi connectivity index (χ2v) is 6.77. The highest BCUT2D eigenvalue weighted by molar-refractivity contribution is 7.97. The molecule has 1 aliphatic rings. The minimum absolute atomic E-state index is 0.0553. The third kappa shape index (κ3) is 4.36. The summed E-state index contributed by atoms with van der Waals surface area (Å²) in [4.78, 5) is 16.7. The van der Waals surface area contributed by atoms with E-state index in [1.807, 2.05) is 36.5 Å². The van der Waals surface area contributed by atoms with Gasteiger partial charge in [0.25, 0.3) is 5.91 Å². The summed E-state index contributed by atoms with van der Waals surface area (Å²) in [6.07, 6.45) is 6.26. The standard InChI is InChI=1S/C19H22N2O2S/c1-24-13-14-4-9-18(20-11-14)15-5-7-16(8-6-15)19(22)21-12-17-3-2-10-23-17/h4-9,11,17H,2-3,10,12-13H2,1H3,(H,21,22)/t17-/m1/s1. The van der Waals surface area contributed by atoms with Crippen molar-refractivity contribution in [1.29, 1.82) is 0 Å². The van der Waals surface area contributed by atoms with E-state index in [4.69, 9.17) is 4.74 Å². The van der Waals surface area contributed by atoms with Crippen LogP contribution in [0.2, 0.25) is 0 Å². The van der Waals surface area contributed by atoms with E-state index in [0.717, 1.165) is 36.5 Å². The highest BCUT2D eigenvalue weighted by Crippen LogP contribution is 2.19. The molecule has 5 heteroatoms. The van der Waals surface area contributed by atoms with Gasteiger partial charge in [-0.2, -0.15) is 11.8 Å². The number of pyridine rings is 1. The van der Waals surface area contributed by atoms with Crippen molar-refractivity contribution in [2.75, 3.05) is 19.4 Å². The van der Waals surface area contributed by atoms with Gasteiger partial charge in [0.15, 0.2) is 0 Å². The average molecular weight is 342 g/mol. The number of thioether (sulfide) groups is 1. The van der Waals surface area contributed by atoms with Crippen LogP contribution < -0.4 is 5.32 Å². The van der Waals surface area contributed by atoms with E-state index in [2.05, 4.69) is 22.6 Å². The summed E-state index contributed by atoms with van der Waals surface area (Å²) in [7, 11) is 0. The van der Waals surface area contributed by atoms with E-state index >= 15 is 0 Å². The van der Waals surface area contributed by atoms with E-state index in [1.165, 1.54) is 5.56 Å². The van der Waals surface area contributed by atoms with E-state index in [9.17, 15) is 4.79 Å². The van der Waals surface area contributed by atoms with Gasteiger partial charge in [-0.3, -0.25) is 9.78 Å². The lowest BCUT2D eigenvalue weighted by Crippen LogP contribution is -2.31. The van der Waals surface area contributed by atoms with Crippen molar-refractivity contribution in [2.45, 2.75) is 24.7 Å². The quantitative estimate of drug-likeness (QED) is 0.873. The van der Waals surface area contributed by atoms with Gasteiger partial charge in [-0.25, -0.2) is 0 Å². The molecule has 3 rings (SSSR count). The molecule has 4 nitrogen and oxygen atoms in total. The van der Waals surface area contributed by atoms with Crippen molar-refractivity contribution in [3.63, 3.8) is 0 Å². The fraction of sp³-hybridized carbons (Fsp3) is 0.368. The Morgan fingerprint density at radius 1 is 1.29 bits per heavy atom. The lowest BCUT2D eigenvalue weighted by molar-refractivity contribution is 0.0858. The number of aromatic nitrogens is 1. The molecule has 1 atom stereocenters. The first-order chi connectivity index (χ1) is 11.8. The molecule has 126 valence electrons. The predicted molar refractivity (Wildman–Crippen MR) is 98.2 cm³/mol. The van der Waals surface area contributed by atoms with Crippen LogP contribution in [0.15, 0.2) is 42.6 Å². The zero-order valence-corrected chi connectivity index (χ0v) is 14.6. The topological polar surface area (TPSA) is 51.2 Å². The Bertz CT molecular complexity index is 665. The molecule has 1 aromatic carbocycles. The van der Waals surface area contributed by atoms with Gasteiger partial charge in [0.05, 0.1) is 11.8 Å². The first-order valence-electron chi connectivity index (χ1n) is 8.20. The van der Waals surface area contributed by atoms with Gasteiger partial charge in [-0.15, -0.1) is 0 Å². The van der Waals surface area contributed by atoms with Crippen molar-refractivity contribution in [3.05, 3.63) is 53.7 Å². The molecule has 0 spiro atoms. The largest absolute Gasteiger partial charge is 0.376 e. The molecule has 0 radical (unpaired) electrons. The molecule has 1 amide bonds. The fourth-order valence-electron chi connectivity index (χ4n) is 2.75. The summed E-state index contributed by atoms with van der Waals surface area (Å²) in [6, 6.07) is 11.7. The molecule has 2 aromatic rings. The van der Waals surface area contributed by atoms with Crippen molar-refractivity contribution in [2.24, 2.45) is 0 Å². The van der Waals surface area contributed by atoms with Crippen LogP contribution in [0.25, 0.3) is 11.3 Å². The maximum atomic E-state index is 12.2. The Hall–Kier alpha value is -1.85. The number of nitrogens with zero attached hydrogens (tertiary/aromatic N) is 1. The number of nitrogens with one attached hydrogen (secondary N) is 1. The van der Waals surface area contributed by atoms with Crippen LogP contribution in [0.4, 0.5) is 0 Å². The Morgan fingerprint density at radius 2 is 2.12 bits per heavy atom. The van der Waals surface area contributed by atoms with Crippen LogP contribution in [-0.2, 0) is 10.5 Å². The third-order valence-electron chi connectivity index (χ3n) is 4.09. The minimum atomic E-state index is -0.0553. The Labute approximate surface area is 147 Å². The van der Waals surface area contributed by atoms with E-state index < -0.39 is 0 Å². The zero-order valence-electron chi connectivity index (χ0n) is 13.8. The summed E-state index contributed by atoms with van der Waals surface area (Å²) in [6.45, 7) is 1.39. The lowest BCUT2D eigenvalue weighted by Gasteiger charge is -2.11. The van der Waals surface area contributed by atoms with E-state index in [1.54, 1.807) is 11.8 Å². The van der Waals surface area contributed by atoms with Crippen LogP contribution in [-0.4, -0.2) is 36.4 Å². The Balaban J connectivity index is 1.60. The van der Waals surface area contributed by atoms with E-state index in [0.29, 0.717) is 12.1 Å². The number of carbonyl (C=O) groups excluding carboxylic acids is 1. The molecule has 0 aliphatic carbocycles. The van der Waals surface area contributed by atoms with Gasteiger partial charge in [0.2, 0.25) is 0 Å². The van der Waals surface area contributed by atoms with Gasteiger partial charge >= 0.3 is 0 Å². The van der Waals surface area contributed by atoms with Crippen LogP contribution in [0.5, 0.6) is 0 Å². The normalized spacial score (nSPS) is 17.0. The molecule has 24 heavy (non-hydrogen) atoms. The van der Waals surface area contributed by atoms with Gasteiger partial charge in [-0.05, 0) is 42.9 Å².